The average Bonchev–Trinajstić information content (AvgIpc) is 2.57. The topological polar surface area (TPSA) is 72.2 Å². The maximum Gasteiger partial charge on any atom is 0.224 e. The van der Waals surface area contributed by atoms with Gasteiger partial charge in [0.25, 0.3) is 0 Å². The molecule has 0 atom stereocenters. The van der Waals surface area contributed by atoms with Gasteiger partial charge in [-0.2, -0.15) is 0 Å². The Bertz CT molecular complexity index is 768. The molecule has 2 amide bonds. The van der Waals surface area contributed by atoms with E-state index in [2.05, 4.69) is 5.32 Å². The first-order valence-electron chi connectivity index (χ1n) is 7.70. The molecule has 2 aromatic rings. The van der Waals surface area contributed by atoms with E-state index in [-0.39, 0.29) is 11.8 Å². The molecule has 0 heterocycles. The molecular formula is C18H18Cl2N2O2S. The number of para-hydroxylation sites is 1. The molecule has 0 unspecified atom stereocenters. The van der Waals surface area contributed by atoms with Crippen LogP contribution in [0, 0.1) is 0 Å². The van der Waals surface area contributed by atoms with Crippen LogP contribution >= 0.6 is 35.0 Å². The van der Waals surface area contributed by atoms with Crippen LogP contribution in [0.15, 0.2) is 47.4 Å². The highest BCUT2D eigenvalue weighted by molar-refractivity contribution is 7.99. The van der Waals surface area contributed by atoms with Gasteiger partial charge in [0.05, 0.1) is 15.7 Å². The molecule has 0 saturated carbocycles. The quantitative estimate of drug-likeness (QED) is 0.643. The second-order valence-electron chi connectivity index (χ2n) is 5.32. The third-order valence-electron chi connectivity index (χ3n) is 3.42. The summed E-state index contributed by atoms with van der Waals surface area (Å²) in [5.41, 5.74) is 6.71. The lowest BCUT2D eigenvalue weighted by molar-refractivity contribution is -0.118. The highest BCUT2D eigenvalue weighted by atomic mass is 35.5. The number of primary amides is 1. The molecule has 25 heavy (non-hydrogen) atoms. The van der Waals surface area contributed by atoms with Crippen molar-refractivity contribution in [3.63, 3.8) is 0 Å². The van der Waals surface area contributed by atoms with Crippen molar-refractivity contribution in [2.75, 3.05) is 11.1 Å². The maximum atomic E-state index is 12.2. The van der Waals surface area contributed by atoms with Gasteiger partial charge >= 0.3 is 0 Å². The summed E-state index contributed by atoms with van der Waals surface area (Å²) in [5, 5.41) is 3.87. The number of amides is 2. The van der Waals surface area contributed by atoms with Gasteiger partial charge in [0, 0.05) is 23.5 Å². The minimum Gasteiger partial charge on any atom is -0.370 e. The van der Waals surface area contributed by atoms with Crippen molar-refractivity contribution >= 4 is 52.5 Å². The van der Waals surface area contributed by atoms with Crippen molar-refractivity contribution in [3.8, 4) is 0 Å². The number of benzene rings is 2. The number of anilines is 1. The summed E-state index contributed by atoms with van der Waals surface area (Å²) in [6.07, 6.45) is 1.09. The van der Waals surface area contributed by atoms with Crippen LogP contribution in [0.1, 0.15) is 18.4 Å². The Hall–Kier alpha value is -1.69. The van der Waals surface area contributed by atoms with Gasteiger partial charge in [-0.1, -0.05) is 47.5 Å². The van der Waals surface area contributed by atoms with E-state index in [0.717, 1.165) is 16.1 Å². The lowest BCUT2D eigenvalue weighted by atomic mass is 10.1. The van der Waals surface area contributed by atoms with Crippen LogP contribution in [-0.4, -0.2) is 17.6 Å². The van der Waals surface area contributed by atoms with Gasteiger partial charge in [-0.25, -0.2) is 0 Å². The lowest BCUT2D eigenvalue weighted by Crippen LogP contribution is -2.13. The first-order valence-corrected chi connectivity index (χ1v) is 9.44. The number of aryl methyl sites for hydroxylation is 1. The Labute approximate surface area is 161 Å². The van der Waals surface area contributed by atoms with Crippen LogP contribution < -0.4 is 11.1 Å². The zero-order valence-electron chi connectivity index (χ0n) is 13.4. The number of hydrogen-bond donors (Lipinski definition) is 2. The summed E-state index contributed by atoms with van der Waals surface area (Å²) in [6, 6.07) is 12.8. The number of hydrogen-bond acceptors (Lipinski definition) is 3. The van der Waals surface area contributed by atoms with Crippen LogP contribution in [0.4, 0.5) is 5.69 Å². The molecular weight excluding hydrogens is 379 g/mol. The summed E-state index contributed by atoms with van der Waals surface area (Å²) in [4.78, 5) is 24.0. The molecule has 132 valence electrons. The van der Waals surface area contributed by atoms with Gasteiger partial charge < -0.3 is 11.1 Å². The van der Waals surface area contributed by atoms with Crippen LogP contribution in [0.25, 0.3) is 0 Å². The Morgan fingerprint density at radius 1 is 1.04 bits per heavy atom. The molecule has 0 aliphatic carbocycles. The summed E-state index contributed by atoms with van der Waals surface area (Å²) >= 11 is 13.6. The third-order valence-corrected chi connectivity index (χ3v) is 5.35. The molecule has 3 N–H and O–H groups in total. The number of nitrogens with one attached hydrogen (secondary N) is 1. The molecule has 0 bridgehead atoms. The van der Waals surface area contributed by atoms with E-state index in [1.54, 1.807) is 6.07 Å². The highest BCUT2D eigenvalue weighted by Crippen LogP contribution is 2.28. The molecule has 0 spiro atoms. The summed E-state index contributed by atoms with van der Waals surface area (Å²) in [6.45, 7) is 0. The Morgan fingerprint density at radius 2 is 1.80 bits per heavy atom. The van der Waals surface area contributed by atoms with Crippen molar-refractivity contribution in [2.24, 2.45) is 5.73 Å². The maximum absolute atomic E-state index is 12.2. The molecule has 0 radical (unpaired) electrons. The summed E-state index contributed by atoms with van der Waals surface area (Å²) in [7, 11) is 0. The van der Waals surface area contributed by atoms with Crippen molar-refractivity contribution in [1.29, 1.82) is 0 Å². The molecule has 0 aromatic heterocycles. The molecule has 0 fully saturated rings. The van der Waals surface area contributed by atoms with E-state index in [1.165, 1.54) is 11.8 Å². The Kier molecular flexibility index (Phi) is 7.62. The predicted molar refractivity (Wildman–Crippen MR) is 104 cm³/mol. The molecule has 0 aliphatic rings. The lowest BCUT2D eigenvalue weighted by Gasteiger charge is -2.11. The van der Waals surface area contributed by atoms with E-state index in [0.29, 0.717) is 35.1 Å². The second kappa shape index (κ2) is 9.70. The van der Waals surface area contributed by atoms with Gasteiger partial charge in [-0.3, -0.25) is 9.59 Å². The number of nitrogens with two attached hydrogens (primary N) is 1. The number of rotatable bonds is 8. The van der Waals surface area contributed by atoms with E-state index in [9.17, 15) is 9.59 Å². The fourth-order valence-electron chi connectivity index (χ4n) is 2.16. The van der Waals surface area contributed by atoms with Crippen molar-refractivity contribution in [1.82, 2.24) is 0 Å². The summed E-state index contributed by atoms with van der Waals surface area (Å²) in [5.74, 6) is 0.117. The second-order valence-corrected chi connectivity index (χ2v) is 7.24. The van der Waals surface area contributed by atoms with Gasteiger partial charge in [-0.15, -0.1) is 11.8 Å². The molecule has 4 nitrogen and oxygen atoms in total. The van der Waals surface area contributed by atoms with Gasteiger partial charge in [-0.05, 0) is 30.2 Å². The first kappa shape index (κ1) is 19.6. The molecule has 0 saturated heterocycles. The standard InChI is InChI=1S/C18H18Cl2N2O2S/c19-13-5-3-4-12(18(13)20)8-9-17(24)22-14-6-1-2-7-15(14)25-11-10-16(21)23/h1-7H,8-11H2,(H2,21,23)(H,22,24). The number of halogens is 2. The zero-order chi connectivity index (χ0) is 18.2. The van der Waals surface area contributed by atoms with Crippen LogP contribution in [0.3, 0.4) is 0 Å². The Morgan fingerprint density at radius 3 is 2.56 bits per heavy atom. The Balaban J connectivity index is 1.94. The molecule has 7 heteroatoms. The average molecular weight is 397 g/mol. The van der Waals surface area contributed by atoms with Crippen LogP contribution in [-0.2, 0) is 16.0 Å². The minimum atomic E-state index is -0.340. The number of carbonyl (C=O) groups is 2. The van der Waals surface area contributed by atoms with Crippen molar-refractivity contribution in [3.05, 3.63) is 58.1 Å². The van der Waals surface area contributed by atoms with E-state index in [1.807, 2.05) is 36.4 Å². The third kappa shape index (κ3) is 6.27. The fraction of sp³-hybridized carbons (Fsp3) is 0.222. The summed E-state index contributed by atoms with van der Waals surface area (Å²) < 4.78 is 0. The van der Waals surface area contributed by atoms with E-state index >= 15 is 0 Å². The SMILES string of the molecule is NC(=O)CCSc1ccccc1NC(=O)CCc1cccc(Cl)c1Cl. The van der Waals surface area contributed by atoms with Crippen molar-refractivity contribution in [2.45, 2.75) is 24.2 Å². The van der Waals surface area contributed by atoms with Gasteiger partial charge in [0.1, 0.15) is 0 Å². The number of thioether (sulfide) groups is 1. The van der Waals surface area contributed by atoms with Crippen molar-refractivity contribution < 1.29 is 9.59 Å². The molecule has 0 aliphatic heterocycles. The molecule has 2 aromatic carbocycles. The monoisotopic (exact) mass is 396 g/mol. The van der Waals surface area contributed by atoms with Crippen LogP contribution in [0.2, 0.25) is 10.0 Å². The minimum absolute atomic E-state index is 0.112. The van der Waals surface area contributed by atoms with Crippen LogP contribution in [0.5, 0.6) is 0 Å². The van der Waals surface area contributed by atoms with E-state index < -0.39 is 0 Å². The zero-order valence-corrected chi connectivity index (χ0v) is 15.8. The predicted octanol–water partition coefficient (Wildman–Crippen LogP) is 4.53. The normalized spacial score (nSPS) is 10.5. The largest absolute Gasteiger partial charge is 0.370 e. The van der Waals surface area contributed by atoms with E-state index in [4.69, 9.17) is 28.9 Å². The highest BCUT2D eigenvalue weighted by Gasteiger charge is 2.10. The fourth-order valence-corrected chi connectivity index (χ4v) is 3.55. The molecule has 2 rings (SSSR count). The smallest absolute Gasteiger partial charge is 0.224 e. The van der Waals surface area contributed by atoms with Gasteiger partial charge in [0.2, 0.25) is 11.8 Å². The first-order chi connectivity index (χ1) is 12.0. The number of carbonyl (C=O) groups excluding carboxylic acids is 2. The van der Waals surface area contributed by atoms with Gasteiger partial charge in [0.15, 0.2) is 0 Å².